The number of ether oxygens (including phenoxy) is 3. The van der Waals surface area contributed by atoms with E-state index in [0.717, 1.165) is 32.2 Å². The summed E-state index contributed by atoms with van der Waals surface area (Å²) in [6.07, 6.45) is -1.29. The number of nitrogens with zero attached hydrogens (tertiary/aromatic N) is 2. The zero-order chi connectivity index (χ0) is 28.6. The summed E-state index contributed by atoms with van der Waals surface area (Å²) in [7, 11) is 1.25. The third-order valence-corrected chi connectivity index (χ3v) is 7.13. The van der Waals surface area contributed by atoms with E-state index in [1.54, 1.807) is 6.92 Å². The molecule has 0 radical (unpaired) electrons. The quantitative estimate of drug-likeness (QED) is 0.112. The third-order valence-electron chi connectivity index (χ3n) is 6.21. The smallest absolute Gasteiger partial charge is 0.466 e. The summed E-state index contributed by atoms with van der Waals surface area (Å²) in [4.78, 5) is 40.8. The number of thiophene rings is 1. The molecule has 0 aliphatic rings. The Bertz CT molecular complexity index is 1540. The second-order valence-electron chi connectivity index (χ2n) is 8.81. The van der Waals surface area contributed by atoms with Crippen molar-refractivity contribution in [3.8, 4) is 0 Å². The van der Waals surface area contributed by atoms with Crippen molar-refractivity contribution in [2.45, 2.75) is 39.3 Å². The molecule has 0 aliphatic heterocycles. The molecule has 0 saturated heterocycles. The van der Waals surface area contributed by atoms with Gasteiger partial charge in [-0.3, -0.25) is 4.79 Å². The van der Waals surface area contributed by atoms with Crippen LogP contribution in [0.1, 0.15) is 48.8 Å². The molecule has 0 amide bonds. The van der Waals surface area contributed by atoms with Crippen LogP contribution in [0.3, 0.4) is 0 Å². The lowest BCUT2D eigenvalue weighted by Crippen LogP contribution is -2.11. The zero-order valence-electron chi connectivity index (χ0n) is 22.4. The predicted molar refractivity (Wildman–Crippen MR) is 150 cm³/mol. The van der Waals surface area contributed by atoms with Gasteiger partial charge in [0.1, 0.15) is 12.7 Å². The number of aromatic nitrogens is 1. The van der Waals surface area contributed by atoms with Gasteiger partial charge in [-0.15, -0.1) is 11.3 Å². The van der Waals surface area contributed by atoms with Gasteiger partial charge < -0.3 is 28.7 Å². The van der Waals surface area contributed by atoms with Crippen LogP contribution in [-0.4, -0.2) is 53.8 Å². The number of methoxy groups -OCH3 is 1. The Morgan fingerprint density at radius 2 is 1.77 bits per heavy atom. The van der Waals surface area contributed by atoms with E-state index in [2.05, 4.69) is 9.89 Å². The highest BCUT2D eigenvalue weighted by atomic mass is 32.1. The molecule has 2 heterocycles. The molecule has 210 valence electrons. The number of hydrogen-bond donors (Lipinski definition) is 1. The second kappa shape index (κ2) is 13.2. The standard InChI is InChI=1S/C29H30N2O8S/c1-4-37-27(33)12-9-23(30-39-18(2)32)19-7-10-24-21(16-19)22-17-20(28(34)26-6-5-15-40-26)8-11-25(22)31(24)13-14-38-29(35)36-3/h5-8,10-11,15-17,28,34H,4,9,12-14H2,1-3H3/b30-23-. The summed E-state index contributed by atoms with van der Waals surface area (Å²) in [6, 6.07) is 15.1. The molecule has 4 rings (SSSR count). The van der Waals surface area contributed by atoms with E-state index in [0.29, 0.717) is 17.8 Å². The topological polar surface area (TPSA) is 126 Å². The highest BCUT2D eigenvalue weighted by Gasteiger charge is 2.18. The molecular weight excluding hydrogens is 536 g/mol. The molecule has 0 bridgehead atoms. The minimum Gasteiger partial charge on any atom is -0.466 e. The fourth-order valence-corrected chi connectivity index (χ4v) is 5.15. The van der Waals surface area contributed by atoms with Crippen molar-refractivity contribution < 1.29 is 38.5 Å². The van der Waals surface area contributed by atoms with Gasteiger partial charge in [0.25, 0.3) is 0 Å². The molecule has 1 atom stereocenters. The third kappa shape index (κ3) is 6.67. The van der Waals surface area contributed by atoms with Gasteiger partial charge in [0.2, 0.25) is 0 Å². The van der Waals surface area contributed by atoms with E-state index >= 15 is 0 Å². The maximum atomic E-state index is 12.0. The molecule has 40 heavy (non-hydrogen) atoms. The van der Waals surface area contributed by atoms with Crippen molar-refractivity contribution in [2.75, 3.05) is 20.3 Å². The van der Waals surface area contributed by atoms with Gasteiger partial charge in [-0.1, -0.05) is 23.4 Å². The summed E-state index contributed by atoms with van der Waals surface area (Å²) in [5, 5.41) is 18.6. The normalized spacial score (nSPS) is 12.3. The lowest BCUT2D eigenvalue weighted by molar-refractivity contribution is -0.143. The van der Waals surface area contributed by atoms with Crippen LogP contribution >= 0.6 is 11.3 Å². The van der Waals surface area contributed by atoms with E-state index in [1.165, 1.54) is 25.4 Å². The van der Waals surface area contributed by atoms with Crippen LogP contribution in [0.4, 0.5) is 4.79 Å². The maximum absolute atomic E-state index is 12.0. The van der Waals surface area contributed by atoms with Gasteiger partial charge in [0.05, 0.1) is 32.4 Å². The highest BCUT2D eigenvalue weighted by Crippen LogP contribution is 2.34. The maximum Gasteiger partial charge on any atom is 0.508 e. The van der Waals surface area contributed by atoms with Crippen molar-refractivity contribution >= 4 is 56.9 Å². The second-order valence-corrected chi connectivity index (χ2v) is 9.79. The number of hydrogen-bond acceptors (Lipinski definition) is 10. The molecule has 1 unspecified atom stereocenters. The van der Waals surface area contributed by atoms with Crippen molar-refractivity contribution in [1.82, 2.24) is 4.57 Å². The SMILES string of the molecule is CCOC(=O)CC/C(=N/OC(C)=O)c1ccc2c(c1)c1cc(C(O)c3cccs3)ccc1n2CCOC(=O)OC. The van der Waals surface area contributed by atoms with E-state index in [9.17, 15) is 19.5 Å². The van der Waals surface area contributed by atoms with E-state index in [1.807, 2.05) is 58.5 Å². The molecule has 2 aromatic heterocycles. The number of aliphatic hydroxyl groups is 1. The van der Waals surface area contributed by atoms with Crippen molar-refractivity contribution in [3.63, 3.8) is 0 Å². The lowest BCUT2D eigenvalue weighted by atomic mass is 10.0. The molecule has 10 nitrogen and oxygen atoms in total. The first kappa shape index (κ1) is 28.8. The number of aliphatic hydroxyl groups excluding tert-OH is 1. The molecule has 1 N–H and O–H groups in total. The van der Waals surface area contributed by atoms with Crippen LogP contribution in [0.5, 0.6) is 0 Å². The molecule has 0 aliphatic carbocycles. The van der Waals surface area contributed by atoms with Crippen molar-refractivity contribution in [3.05, 3.63) is 69.9 Å². The molecule has 0 saturated carbocycles. The van der Waals surface area contributed by atoms with Gasteiger partial charge in [-0.2, -0.15) is 0 Å². The highest BCUT2D eigenvalue weighted by molar-refractivity contribution is 7.10. The molecule has 0 spiro atoms. The van der Waals surface area contributed by atoms with Gasteiger partial charge in [-0.05, 0) is 48.2 Å². The number of fused-ring (bicyclic) bond motifs is 3. The Kier molecular flexibility index (Phi) is 9.52. The number of esters is 1. The number of carbonyl (C=O) groups is 3. The Morgan fingerprint density at radius 3 is 2.45 bits per heavy atom. The summed E-state index contributed by atoms with van der Waals surface area (Å²) >= 11 is 1.47. The van der Waals surface area contributed by atoms with Crippen LogP contribution in [-0.2, 0) is 35.2 Å². The van der Waals surface area contributed by atoms with Crippen LogP contribution in [0, 0.1) is 0 Å². The van der Waals surface area contributed by atoms with E-state index in [4.69, 9.17) is 14.3 Å². The molecule has 11 heteroatoms. The predicted octanol–water partition coefficient (Wildman–Crippen LogP) is 5.33. The van der Waals surface area contributed by atoms with Crippen molar-refractivity contribution in [1.29, 1.82) is 0 Å². The minimum atomic E-state index is -0.792. The summed E-state index contributed by atoms with van der Waals surface area (Å²) in [5.74, 6) is -0.961. The Morgan fingerprint density at radius 1 is 1.02 bits per heavy atom. The molecule has 2 aromatic carbocycles. The average Bonchev–Trinajstić information content (AvgIpc) is 3.59. The molecule has 4 aromatic rings. The van der Waals surface area contributed by atoms with E-state index in [-0.39, 0.29) is 32.0 Å². The Labute approximate surface area is 234 Å². The first-order valence-electron chi connectivity index (χ1n) is 12.7. The van der Waals surface area contributed by atoms with Gasteiger partial charge in [-0.25, -0.2) is 9.59 Å². The van der Waals surface area contributed by atoms with Gasteiger partial charge >= 0.3 is 18.1 Å². The van der Waals surface area contributed by atoms with Crippen LogP contribution in [0.25, 0.3) is 21.8 Å². The van der Waals surface area contributed by atoms with Crippen LogP contribution in [0.15, 0.2) is 59.1 Å². The zero-order valence-corrected chi connectivity index (χ0v) is 23.2. The molecular formula is C29H30N2O8S. The summed E-state index contributed by atoms with van der Waals surface area (Å²) < 4.78 is 16.8. The number of oxime groups is 1. The monoisotopic (exact) mass is 566 g/mol. The first-order chi connectivity index (χ1) is 19.3. The average molecular weight is 567 g/mol. The fourth-order valence-electron chi connectivity index (χ4n) is 4.42. The van der Waals surface area contributed by atoms with E-state index < -0.39 is 18.2 Å². The van der Waals surface area contributed by atoms with Crippen molar-refractivity contribution in [2.24, 2.45) is 5.16 Å². The number of rotatable bonds is 11. The number of benzene rings is 2. The lowest BCUT2D eigenvalue weighted by Gasteiger charge is -2.11. The fraction of sp³-hybridized carbons (Fsp3) is 0.310. The largest absolute Gasteiger partial charge is 0.508 e. The van der Waals surface area contributed by atoms with Crippen LogP contribution < -0.4 is 0 Å². The van der Waals surface area contributed by atoms with Gasteiger partial charge in [0, 0.05) is 45.6 Å². The Hall–Kier alpha value is -4.22. The minimum absolute atomic E-state index is 0.0652. The summed E-state index contributed by atoms with van der Waals surface area (Å²) in [5.41, 5.74) is 3.52. The number of carbonyl (C=O) groups excluding carboxylic acids is 3. The summed E-state index contributed by atoms with van der Waals surface area (Å²) in [6.45, 7) is 3.69. The Balaban J connectivity index is 1.80. The first-order valence-corrected chi connectivity index (χ1v) is 13.6. The molecule has 0 fully saturated rings. The van der Waals surface area contributed by atoms with Gasteiger partial charge in [0.15, 0.2) is 0 Å². The van der Waals surface area contributed by atoms with Crippen LogP contribution in [0.2, 0.25) is 0 Å².